The molecule has 1 N–H and O–H groups in total. The topological polar surface area (TPSA) is 78.2 Å². The summed E-state index contributed by atoms with van der Waals surface area (Å²) in [6.07, 6.45) is 6.40. The number of hydrogen-bond donors (Lipinski definition) is 1. The maximum atomic E-state index is 11.2. The number of aliphatic hydroxyl groups is 1. The lowest BCUT2D eigenvalue weighted by atomic mass is 10.1. The fourth-order valence-electron chi connectivity index (χ4n) is 4.11. The predicted octanol–water partition coefficient (Wildman–Crippen LogP) is 3.31. The second-order valence-electron chi connectivity index (χ2n) is 9.08. The Hall–Kier alpha value is -3.07. The molecule has 1 aliphatic heterocycles. The average molecular weight is 482 g/mol. The first-order chi connectivity index (χ1) is 17.0. The summed E-state index contributed by atoms with van der Waals surface area (Å²) in [7, 11) is 1.65. The minimum atomic E-state index is -1.09. The summed E-state index contributed by atoms with van der Waals surface area (Å²) < 4.78 is 25.2. The third-order valence-electron chi connectivity index (χ3n) is 5.98. The van der Waals surface area contributed by atoms with Gasteiger partial charge in [-0.05, 0) is 43.2 Å². The molecule has 3 aromatic rings. The highest BCUT2D eigenvalue weighted by molar-refractivity contribution is 5.43. The van der Waals surface area contributed by atoms with Crippen molar-refractivity contribution in [3.05, 3.63) is 72.3 Å². The molecule has 0 unspecified atom stereocenters. The van der Waals surface area contributed by atoms with Crippen LogP contribution in [-0.4, -0.2) is 71.8 Å². The normalized spacial score (nSPS) is 18.7. The van der Waals surface area contributed by atoms with Crippen molar-refractivity contribution in [1.82, 2.24) is 14.5 Å². The van der Waals surface area contributed by atoms with Gasteiger partial charge in [0, 0.05) is 38.6 Å². The van der Waals surface area contributed by atoms with Crippen LogP contribution in [0.15, 0.2) is 61.2 Å². The minimum absolute atomic E-state index is 0.168. The molecule has 1 fully saturated rings. The van der Waals surface area contributed by atoms with Crippen LogP contribution in [-0.2, 0) is 17.8 Å². The molecular weight excluding hydrogens is 446 g/mol. The number of rotatable bonds is 11. The molecule has 1 atom stereocenters. The van der Waals surface area contributed by atoms with E-state index in [1.165, 1.54) is 5.56 Å². The molecule has 0 saturated carbocycles. The van der Waals surface area contributed by atoms with E-state index < -0.39 is 5.60 Å². The van der Waals surface area contributed by atoms with Crippen LogP contribution in [0.3, 0.4) is 0 Å². The molecule has 0 spiro atoms. The molecule has 0 radical (unpaired) electrons. The lowest BCUT2D eigenvalue weighted by Gasteiger charge is -2.30. The van der Waals surface area contributed by atoms with Crippen LogP contribution in [0, 0.1) is 6.92 Å². The zero-order valence-electron chi connectivity index (χ0n) is 20.6. The van der Waals surface area contributed by atoms with E-state index in [-0.39, 0.29) is 13.2 Å². The summed E-state index contributed by atoms with van der Waals surface area (Å²) in [5.41, 5.74) is 1.15. The Kier molecular flexibility index (Phi) is 8.63. The van der Waals surface area contributed by atoms with Crippen molar-refractivity contribution in [2.24, 2.45) is 0 Å². The van der Waals surface area contributed by atoms with Crippen molar-refractivity contribution in [1.29, 1.82) is 0 Å². The molecular formula is C27H35N3O5. The predicted molar refractivity (Wildman–Crippen MR) is 133 cm³/mol. The molecule has 8 nitrogen and oxygen atoms in total. The van der Waals surface area contributed by atoms with Gasteiger partial charge in [0.2, 0.25) is 0 Å². The number of β-amino-alcohol motifs (C(OH)–C–C–N with tert-alkyl or cyclic N) is 1. The quantitative estimate of drug-likeness (QED) is 0.421. The van der Waals surface area contributed by atoms with E-state index >= 15 is 0 Å². The molecule has 4 rings (SSSR count). The molecule has 8 heteroatoms. The molecule has 1 saturated heterocycles. The lowest BCUT2D eigenvalue weighted by molar-refractivity contribution is -0.0646. The van der Waals surface area contributed by atoms with Crippen LogP contribution in [0.2, 0.25) is 0 Å². The Morgan fingerprint density at radius 2 is 1.97 bits per heavy atom. The summed E-state index contributed by atoms with van der Waals surface area (Å²) in [6.45, 7) is 6.28. The van der Waals surface area contributed by atoms with Crippen molar-refractivity contribution in [3.63, 3.8) is 0 Å². The minimum Gasteiger partial charge on any atom is -0.493 e. The first-order valence-corrected chi connectivity index (χ1v) is 12.0. The zero-order valence-corrected chi connectivity index (χ0v) is 20.6. The molecule has 0 amide bonds. The molecule has 0 aliphatic carbocycles. The molecule has 188 valence electrons. The summed E-state index contributed by atoms with van der Waals surface area (Å²) in [5.74, 6) is 2.17. The van der Waals surface area contributed by atoms with Gasteiger partial charge in [-0.1, -0.05) is 23.8 Å². The maximum absolute atomic E-state index is 11.2. The summed E-state index contributed by atoms with van der Waals surface area (Å²) >= 11 is 0. The Morgan fingerprint density at radius 3 is 2.74 bits per heavy atom. The van der Waals surface area contributed by atoms with Gasteiger partial charge < -0.3 is 28.6 Å². The van der Waals surface area contributed by atoms with E-state index in [2.05, 4.69) is 9.88 Å². The average Bonchev–Trinajstić information content (AvgIpc) is 3.31. The Bertz CT molecular complexity index is 1040. The van der Waals surface area contributed by atoms with Gasteiger partial charge >= 0.3 is 0 Å². The van der Waals surface area contributed by atoms with Crippen molar-refractivity contribution in [2.75, 3.05) is 46.6 Å². The second kappa shape index (κ2) is 12.1. The molecule has 1 aliphatic rings. The van der Waals surface area contributed by atoms with Crippen molar-refractivity contribution in [3.8, 4) is 17.2 Å². The molecule has 2 aromatic carbocycles. The highest BCUT2D eigenvalue weighted by Crippen LogP contribution is 2.29. The number of methoxy groups -OCH3 is 1. The number of hydrogen-bond acceptors (Lipinski definition) is 7. The first-order valence-electron chi connectivity index (χ1n) is 12.0. The Balaban J connectivity index is 1.32. The second-order valence-corrected chi connectivity index (χ2v) is 9.08. The van der Waals surface area contributed by atoms with Crippen LogP contribution >= 0.6 is 0 Å². The first kappa shape index (κ1) is 25.0. The summed E-state index contributed by atoms with van der Waals surface area (Å²) in [5, 5.41) is 11.2. The van der Waals surface area contributed by atoms with Gasteiger partial charge in [-0.2, -0.15) is 0 Å². The highest BCUT2D eigenvalue weighted by atomic mass is 16.5. The van der Waals surface area contributed by atoms with Gasteiger partial charge in [0.05, 0.1) is 33.3 Å². The molecule has 1 aromatic heterocycles. The third kappa shape index (κ3) is 7.45. The van der Waals surface area contributed by atoms with Crippen LogP contribution in [0.25, 0.3) is 0 Å². The fourth-order valence-corrected chi connectivity index (χ4v) is 4.11. The van der Waals surface area contributed by atoms with Gasteiger partial charge in [0.15, 0.2) is 11.5 Å². The molecule has 2 heterocycles. The van der Waals surface area contributed by atoms with E-state index in [0.29, 0.717) is 32.1 Å². The number of benzene rings is 2. The van der Waals surface area contributed by atoms with Crippen LogP contribution in [0.1, 0.15) is 17.5 Å². The van der Waals surface area contributed by atoms with Gasteiger partial charge in [-0.15, -0.1) is 0 Å². The van der Waals surface area contributed by atoms with E-state index in [1.54, 1.807) is 19.6 Å². The number of ether oxygens (including phenoxy) is 4. The van der Waals surface area contributed by atoms with Crippen LogP contribution < -0.4 is 14.2 Å². The SMILES string of the molecule is COc1cc(CN2CCOC[C@](O)(COc3ccc(C)cc3)C2)ccc1OCCCn1ccnc1. The Labute approximate surface area is 207 Å². The fraction of sp³-hybridized carbons (Fsp3) is 0.444. The standard InChI is InChI=1S/C27H35N3O5/c1-22-4-7-24(8-5-22)35-20-27(31)18-30(13-15-33-19-27)17-23-6-9-25(26(16-23)32-2)34-14-3-11-29-12-10-28-21-29/h4-10,12,16,21,31H,3,11,13-15,17-20H2,1-2H3/t27-/m0/s1. The van der Waals surface area contributed by atoms with E-state index in [1.807, 2.05) is 60.2 Å². The molecule has 35 heavy (non-hydrogen) atoms. The van der Waals surface area contributed by atoms with Crippen molar-refractivity contribution in [2.45, 2.75) is 32.0 Å². The summed E-state index contributed by atoms with van der Waals surface area (Å²) in [4.78, 5) is 6.24. The highest BCUT2D eigenvalue weighted by Gasteiger charge is 2.33. The van der Waals surface area contributed by atoms with Gasteiger partial charge in [-0.3, -0.25) is 4.90 Å². The smallest absolute Gasteiger partial charge is 0.161 e. The Morgan fingerprint density at radius 1 is 1.11 bits per heavy atom. The number of imidazole rings is 1. The number of aryl methyl sites for hydroxylation is 2. The zero-order chi connectivity index (χ0) is 24.5. The van der Waals surface area contributed by atoms with E-state index in [4.69, 9.17) is 18.9 Å². The van der Waals surface area contributed by atoms with Gasteiger partial charge in [0.25, 0.3) is 0 Å². The van der Waals surface area contributed by atoms with Crippen molar-refractivity contribution >= 4 is 0 Å². The summed E-state index contributed by atoms with van der Waals surface area (Å²) in [6, 6.07) is 13.8. The largest absolute Gasteiger partial charge is 0.493 e. The van der Waals surface area contributed by atoms with Crippen LogP contribution in [0.5, 0.6) is 17.2 Å². The van der Waals surface area contributed by atoms with Gasteiger partial charge in [0.1, 0.15) is 18.0 Å². The number of nitrogens with zero attached hydrogens (tertiary/aromatic N) is 3. The van der Waals surface area contributed by atoms with E-state index in [9.17, 15) is 5.11 Å². The van der Waals surface area contributed by atoms with Crippen molar-refractivity contribution < 1.29 is 24.1 Å². The van der Waals surface area contributed by atoms with Crippen LogP contribution in [0.4, 0.5) is 0 Å². The number of aromatic nitrogens is 2. The van der Waals surface area contributed by atoms with Gasteiger partial charge in [-0.25, -0.2) is 4.98 Å². The van der Waals surface area contributed by atoms with E-state index in [0.717, 1.165) is 36.6 Å². The third-order valence-corrected chi connectivity index (χ3v) is 5.98. The molecule has 0 bridgehead atoms. The lowest BCUT2D eigenvalue weighted by Crippen LogP contribution is -2.48. The monoisotopic (exact) mass is 481 g/mol. The maximum Gasteiger partial charge on any atom is 0.161 e.